The highest BCUT2D eigenvalue weighted by molar-refractivity contribution is 7.83. The van der Waals surface area contributed by atoms with Crippen molar-refractivity contribution >= 4 is 21.9 Å². The van der Waals surface area contributed by atoms with Gasteiger partial charge in [0, 0.05) is 23.7 Å². The van der Waals surface area contributed by atoms with Gasteiger partial charge in [-0.1, -0.05) is 29.8 Å². The van der Waals surface area contributed by atoms with Gasteiger partial charge in [-0.15, -0.1) is 0 Å². The largest absolute Gasteiger partial charge is 0.359 e. The Morgan fingerprint density at radius 1 is 1.27 bits per heavy atom. The quantitative estimate of drug-likeness (QED) is 0.575. The number of rotatable bonds is 8. The van der Waals surface area contributed by atoms with Gasteiger partial charge in [-0.05, 0) is 26.8 Å². The normalized spacial score (nSPS) is 15.3. The minimum absolute atomic E-state index is 0.0301. The summed E-state index contributed by atoms with van der Waals surface area (Å²) >= 11 is 6.19. The Morgan fingerprint density at radius 3 is 2.32 bits per heavy atom. The van der Waals surface area contributed by atoms with Crippen molar-refractivity contribution in [2.24, 2.45) is 0 Å². The molecule has 1 aromatic carbocycles. The third kappa shape index (κ3) is 4.91. The Bertz CT molecular complexity index is 578. The number of methoxy groups -OCH3 is 1. The molecule has 1 N–H and O–H groups in total. The van der Waals surface area contributed by atoms with Crippen LogP contribution in [0.15, 0.2) is 24.3 Å². The summed E-state index contributed by atoms with van der Waals surface area (Å²) < 4.78 is 44.3. The zero-order chi connectivity index (χ0) is 16.9. The molecule has 0 saturated heterocycles. The molecule has 2 atom stereocenters. The molecule has 126 valence electrons. The Hall–Kier alpha value is -0.700. The van der Waals surface area contributed by atoms with Crippen molar-refractivity contribution in [1.82, 2.24) is 4.31 Å². The number of benzene rings is 1. The lowest BCUT2D eigenvalue weighted by atomic mass is 10.0. The van der Waals surface area contributed by atoms with Crippen LogP contribution in [-0.2, 0) is 19.8 Å². The molecule has 1 aromatic rings. The van der Waals surface area contributed by atoms with Crippen molar-refractivity contribution in [3.63, 3.8) is 0 Å². The third-order valence-electron chi connectivity index (χ3n) is 3.19. The standard InChI is InChI=1S/C14H22ClNO5S/c1-10(2)16(22(17,18)19)11(3)14(21-9-20-4)12-7-5-6-8-13(12)15/h5-8,10-11,14H,9H2,1-4H3,(H,17,18,19)/t11-,14+/m1/s1. The van der Waals surface area contributed by atoms with Gasteiger partial charge in [-0.2, -0.15) is 12.7 Å². The van der Waals surface area contributed by atoms with Crippen molar-refractivity contribution in [2.45, 2.75) is 39.0 Å². The smallest absolute Gasteiger partial charge is 0.336 e. The highest BCUT2D eigenvalue weighted by atomic mass is 35.5. The molecule has 0 fully saturated rings. The topological polar surface area (TPSA) is 76.1 Å². The summed E-state index contributed by atoms with van der Waals surface area (Å²) in [5.74, 6) is 0. The van der Waals surface area contributed by atoms with Gasteiger partial charge in [0.1, 0.15) is 12.9 Å². The molecule has 0 bridgehead atoms. The van der Waals surface area contributed by atoms with Crippen LogP contribution < -0.4 is 0 Å². The molecule has 0 amide bonds. The molecule has 0 aromatic heterocycles. The first kappa shape index (κ1) is 19.3. The summed E-state index contributed by atoms with van der Waals surface area (Å²) in [6.07, 6.45) is -0.682. The van der Waals surface area contributed by atoms with Gasteiger partial charge in [-0.25, -0.2) is 0 Å². The molecule has 0 aliphatic heterocycles. The molecular weight excluding hydrogens is 330 g/mol. The van der Waals surface area contributed by atoms with E-state index in [0.29, 0.717) is 10.6 Å². The van der Waals surface area contributed by atoms with E-state index in [1.165, 1.54) is 7.11 Å². The van der Waals surface area contributed by atoms with Crippen LogP contribution in [0.4, 0.5) is 0 Å². The molecule has 0 unspecified atom stereocenters. The van der Waals surface area contributed by atoms with Crippen LogP contribution in [0.2, 0.25) is 5.02 Å². The Kier molecular flexibility index (Phi) is 7.24. The van der Waals surface area contributed by atoms with Crippen molar-refractivity contribution in [2.75, 3.05) is 13.9 Å². The first-order chi connectivity index (χ1) is 10.2. The number of halogens is 1. The Balaban J connectivity index is 3.23. The Morgan fingerprint density at radius 2 is 1.86 bits per heavy atom. The van der Waals surface area contributed by atoms with Crippen LogP contribution >= 0.6 is 11.6 Å². The van der Waals surface area contributed by atoms with E-state index in [1.807, 2.05) is 0 Å². The van der Waals surface area contributed by atoms with Crippen molar-refractivity contribution < 1.29 is 22.4 Å². The number of ether oxygens (including phenoxy) is 2. The number of nitrogens with zero attached hydrogens (tertiary/aromatic N) is 1. The average molecular weight is 352 g/mol. The van der Waals surface area contributed by atoms with Crippen molar-refractivity contribution in [3.05, 3.63) is 34.9 Å². The van der Waals surface area contributed by atoms with E-state index in [1.54, 1.807) is 45.0 Å². The van der Waals surface area contributed by atoms with Gasteiger partial charge >= 0.3 is 10.3 Å². The van der Waals surface area contributed by atoms with Gasteiger partial charge in [0.25, 0.3) is 0 Å². The van der Waals surface area contributed by atoms with E-state index in [2.05, 4.69) is 0 Å². The van der Waals surface area contributed by atoms with E-state index in [9.17, 15) is 13.0 Å². The molecule has 0 heterocycles. The fourth-order valence-corrected chi connectivity index (χ4v) is 3.72. The maximum Gasteiger partial charge on any atom is 0.336 e. The maximum absolute atomic E-state index is 11.7. The average Bonchev–Trinajstić information content (AvgIpc) is 2.39. The second kappa shape index (κ2) is 8.24. The third-order valence-corrected chi connectivity index (χ3v) is 4.82. The lowest BCUT2D eigenvalue weighted by molar-refractivity contribution is -0.0936. The fourth-order valence-electron chi connectivity index (χ4n) is 2.42. The van der Waals surface area contributed by atoms with Gasteiger partial charge in [0.15, 0.2) is 0 Å². The number of hydrogen-bond acceptors (Lipinski definition) is 4. The lowest BCUT2D eigenvalue weighted by Crippen LogP contribution is -2.46. The van der Waals surface area contributed by atoms with E-state index in [-0.39, 0.29) is 6.79 Å². The van der Waals surface area contributed by atoms with Gasteiger partial charge in [0.05, 0.1) is 6.04 Å². The summed E-state index contributed by atoms with van der Waals surface area (Å²) in [6.45, 7) is 4.96. The van der Waals surface area contributed by atoms with Crippen LogP contribution in [0.1, 0.15) is 32.4 Å². The summed E-state index contributed by atoms with van der Waals surface area (Å²) in [5.41, 5.74) is 0.628. The molecule has 6 nitrogen and oxygen atoms in total. The first-order valence-electron chi connectivity index (χ1n) is 6.81. The summed E-state index contributed by atoms with van der Waals surface area (Å²) in [5, 5.41) is 0.453. The van der Waals surface area contributed by atoms with E-state index < -0.39 is 28.5 Å². The zero-order valence-electron chi connectivity index (χ0n) is 13.1. The highest BCUT2D eigenvalue weighted by Gasteiger charge is 2.35. The van der Waals surface area contributed by atoms with Crippen molar-refractivity contribution in [1.29, 1.82) is 0 Å². The predicted octanol–water partition coefficient (Wildman–Crippen LogP) is 2.90. The minimum atomic E-state index is -4.38. The van der Waals surface area contributed by atoms with E-state index in [0.717, 1.165) is 4.31 Å². The van der Waals surface area contributed by atoms with E-state index >= 15 is 0 Å². The summed E-state index contributed by atoms with van der Waals surface area (Å²) in [4.78, 5) is 0. The molecule has 8 heteroatoms. The minimum Gasteiger partial charge on any atom is -0.359 e. The summed E-state index contributed by atoms with van der Waals surface area (Å²) in [7, 11) is -2.92. The van der Waals surface area contributed by atoms with Crippen LogP contribution in [0, 0.1) is 0 Å². The monoisotopic (exact) mass is 351 g/mol. The maximum atomic E-state index is 11.7. The van der Waals surface area contributed by atoms with Gasteiger partial charge in [0.2, 0.25) is 0 Å². The molecule has 0 radical (unpaired) electrons. The predicted molar refractivity (Wildman–Crippen MR) is 85.1 cm³/mol. The second-order valence-corrected chi connectivity index (χ2v) is 6.88. The number of hydrogen-bond donors (Lipinski definition) is 1. The molecule has 0 spiro atoms. The van der Waals surface area contributed by atoms with Gasteiger partial charge < -0.3 is 9.47 Å². The molecular formula is C14H22ClNO5S. The summed E-state index contributed by atoms with van der Waals surface area (Å²) in [6, 6.07) is 5.88. The molecule has 22 heavy (non-hydrogen) atoms. The second-order valence-electron chi connectivity index (χ2n) is 5.16. The van der Waals surface area contributed by atoms with Crippen molar-refractivity contribution in [3.8, 4) is 0 Å². The van der Waals surface area contributed by atoms with E-state index in [4.69, 9.17) is 21.1 Å². The van der Waals surface area contributed by atoms with Crippen LogP contribution in [0.3, 0.4) is 0 Å². The Labute approximate surface area is 136 Å². The fraction of sp³-hybridized carbons (Fsp3) is 0.571. The molecule has 0 aliphatic carbocycles. The van der Waals surface area contributed by atoms with Crippen LogP contribution in [0.25, 0.3) is 0 Å². The van der Waals surface area contributed by atoms with Crippen LogP contribution in [0.5, 0.6) is 0 Å². The first-order valence-corrected chi connectivity index (χ1v) is 8.58. The zero-order valence-corrected chi connectivity index (χ0v) is 14.6. The lowest BCUT2D eigenvalue weighted by Gasteiger charge is -2.34. The molecule has 0 aliphatic rings. The molecule has 1 rings (SSSR count). The van der Waals surface area contributed by atoms with Crippen LogP contribution in [-0.4, -0.2) is 43.3 Å². The highest BCUT2D eigenvalue weighted by Crippen LogP contribution is 2.32. The molecule has 0 saturated carbocycles. The SMILES string of the molecule is COCO[C@H](c1ccccc1Cl)[C@@H](C)N(C(C)C)S(=O)(=O)O. The van der Waals surface area contributed by atoms with Gasteiger partial charge in [-0.3, -0.25) is 4.55 Å².